The Kier molecular flexibility index (Phi) is 5.98. The summed E-state index contributed by atoms with van der Waals surface area (Å²) in [6.45, 7) is 4.06. The molecule has 3 N–H and O–H groups in total. The molecule has 3 aromatic carbocycles. The van der Waals surface area contributed by atoms with Crippen LogP contribution in [0.4, 0.5) is 0 Å². The van der Waals surface area contributed by atoms with Crippen molar-refractivity contribution in [3.05, 3.63) is 82.9 Å². The first-order chi connectivity index (χ1) is 15.4. The predicted molar refractivity (Wildman–Crippen MR) is 121 cm³/mol. The number of hydrogen-bond acceptors (Lipinski definition) is 6. The van der Waals surface area contributed by atoms with Crippen LogP contribution < -0.4 is 14.9 Å². The van der Waals surface area contributed by atoms with E-state index in [2.05, 4.69) is 10.5 Å². The summed E-state index contributed by atoms with van der Waals surface area (Å²) in [7, 11) is 0. The standard InChI is InChI=1S/C25H24N2O5/c1-15(2)18-12-19(22(29)13-21(18)28)20(26-27-25(30)17-6-4-3-5-7-17)10-16-8-9-23-24(11-16)32-14-31-23/h3-9,11-13,15,28-29H,10,14H2,1-2H3,(H,27,30)/b26-20+. The van der Waals surface area contributed by atoms with Gasteiger partial charge in [-0.15, -0.1) is 0 Å². The molecule has 0 saturated carbocycles. The normalized spacial score (nSPS) is 12.8. The fraction of sp³-hybridized carbons (Fsp3) is 0.200. The quantitative estimate of drug-likeness (QED) is 0.398. The molecule has 0 unspecified atom stereocenters. The maximum absolute atomic E-state index is 12.5. The molecule has 1 aliphatic heterocycles. The maximum Gasteiger partial charge on any atom is 0.271 e. The van der Waals surface area contributed by atoms with E-state index >= 15 is 0 Å². The molecule has 1 amide bonds. The van der Waals surface area contributed by atoms with Crippen LogP contribution in [0.1, 0.15) is 46.8 Å². The van der Waals surface area contributed by atoms with Crippen LogP contribution in [-0.4, -0.2) is 28.6 Å². The number of benzene rings is 3. The average Bonchev–Trinajstić information content (AvgIpc) is 3.25. The van der Waals surface area contributed by atoms with E-state index in [1.54, 1.807) is 30.3 Å². The number of fused-ring (bicyclic) bond motifs is 1. The Labute approximate surface area is 185 Å². The SMILES string of the molecule is CC(C)c1cc(/C(Cc2ccc3c(c2)OCO3)=N/NC(=O)c2ccccc2)c(O)cc1O. The largest absolute Gasteiger partial charge is 0.508 e. The molecule has 0 spiro atoms. The summed E-state index contributed by atoms with van der Waals surface area (Å²) in [5, 5.41) is 25.2. The van der Waals surface area contributed by atoms with Gasteiger partial charge in [-0.2, -0.15) is 5.10 Å². The Bertz CT molecular complexity index is 1170. The molecule has 0 fully saturated rings. The van der Waals surface area contributed by atoms with Gasteiger partial charge in [-0.25, -0.2) is 5.43 Å². The van der Waals surface area contributed by atoms with Crippen molar-refractivity contribution in [2.24, 2.45) is 5.10 Å². The summed E-state index contributed by atoms with van der Waals surface area (Å²) in [6.07, 6.45) is 0.307. The van der Waals surface area contributed by atoms with Gasteiger partial charge in [-0.3, -0.25) is 4.79 Å². The summed E-state index contributed by atoms with van der Waals surface area (Å²) >= 11 is 0. The van der Waals surface area contributed by atoms with E-state index in [-0.39, 0.29) is 30.1 Å². The molecule has 1 aliphatic rings. The molecule has 0 aliphatic carbocycles. The van der Waals surface area contributed by atoms with Gasteiger partial charge in [0.2, 0.25) is 6.79 Å². The number of nitrogens with zero attached hydrogens (tertiary/aromatic N) is 1. The van der Waals surface area contributed by atoms with Crippen LogP contribution in [0.3, 0.4) is 0 Å². The fourth-order valence-corrected chi connectivity index (χ4v) is 3.50. The molecule has 0 aromatic heterocycles. The molecule has 0 bridgehead atoms. The summed E-state index contributed by atoms with van der Waals surface area (Å²) in [4.78, 5) is 12.5. The Balaban J connectivity index is 1.71. The number of hydrogen-bond donors (Lipinski definition) is 3. The number of carbonyl (C=O) groups excluding carboxylic acids is 1. The number of phenolic OH excluding ortho intramolecular Hbond substituents is 2. The number of carbonyl (C=O) groups is 1. The molecule has 0 radical (unpaired) electrons. The third kappa shape index (κ3) is 4.51. The number of aromatic hydroxyl groups is 2. The van der Waals surface area contributed by atoms with Crippen molar-refractivity contribution < 1.29 is 24.5 Å². The van der Waals surface area contributed by atoms with Crippen LogP contribution in [0.2, 0.25) is 0 Å². The number of phenols is 2. The summed E-state index contributed by atoms with van der Waals surface area (Å²) in [5.74, 6) is 0.848. The number of rotatable bonds is 6. The third-order valence-corrected chi connectivity index (χ3v) is 5.21. The first kappa shape index (κ1) is 21.2. The van der Waals surface area contributed by atoms with Crippen molar-refractivity contribution in [2.75, 3.05) is 6.79 Å². The van der Waals surface area contributed by atoms with Gasteiger partial charge in [-0.1, -0.05) is 38.1 Å². The van der Waals surface area contributed by atoms with Crippen LogP contribution in [0.25, 0.3) is 0 Å². The highest BCUT2D eigenvalue weighted by molar-refractivity contribution is 6.05. The van der Waals surface area contributed by atoms with Crippen molar-refractivity contribution in [3.8, 4) is 23.0 Å². The Morgan fingerprint density at radius 1 is 1.00 bits per heavy atom. The lowest BCUT2D eigenvalue weighted by Gasteiger charge is -2.15. The van der Waals surface area contributed by atoms with E-state index < -0.39 is 0 Å². The Morgan fingerprint density at radius 2 is 1.75 bits per heavy atom. The lowest BCUT2D eigenvalue weighted by molar-refractivity contribution is 0.0954. The highest BCUT2D eigenvalue weighted by Crippen LogP contribution is 2.35. The minimum absolute atomic E-state index is 0.0111. The lowest BCUT2D eigenvalue weighted by Crippen LogP contribution is -2.21. The van der Waals surface area contributed by atoms with Crippen molar-refractivity contribution in [1.29, 1.82) is 0 Å². The predicted octanol–water partition coefficient (Wildman–Crippen LogP) is 4.33. The first-order valence-corrected chi connectivity index (χ1v) is 10.3. The molecular weight excluding hydrogens is 408 g/mol. The number of nitrogens with one attached hydrogen (secondary N) is 1. The van der Waals surface area contributed by atoms with Gasteiger partial charge < -0.3 is 19.7 Å². The summed E-state index contributed by atoms with van der Waals surface area (Å²) < 4.78 is 10.8. The minimum atomic E-state index is -0.365. The highest BCUT2D eigenvalue weighted by Gasteiger charge is 2.19. The molecule has 0 atom stereocenters. The van der Waals surface area contributed by atoms with Gasteiger partial charge in [0.1, 0.15) is 11.5 Å². The highest BCUT2D eigenvalue weighted by atomic mass is 16.7. The summed E-state index contributed by atoms with van der Waals surface area (Å²) in [5.41, 5.74) is 5.45. The maximum atomic E-state index is 12.5. The number of ether oxygens (including phenoxy) is 2. The second-order valence-corrected chi connectivity index (χ2v) is 7.81. The summed E-state index contributed by atoms with van der Waals surface area (Å²) in [6, 6.07) is 17.3. The molecule has 7 heteroatoms. The van der Waals surface area contributed by atoms with Crippen molar-refractivity contribution in [3.63, 3.8) is 0 Å². The Morgan fingerprint density at radius 3 is 2.50 bits per heavy atom. The van der Waals surface area contributed by atoms with Crippen LogP contribution in [0, 0.1) is 0 Å². The van der Waals surface area contributed by atoms with E-state index in [0.717, 1.165) is 5.56 Å². The minimum Gasteiger partial charge on any atom is -0.508 e. The number of amides is 1. The van der Waals surface area contributed by atoms with Gasteiger partial charge in [0.05, 0.1) is 5.71 Å². The van der Waals surface area contributed by atoms with E-state index in [0.29, 0.717) is 40.3 Å². The smallest absolute Gasteiger partial charge is 0.271 e. The van der Waals surface area contributed by atoms with Gasteiger partial charge in [0.25, 0.3) is 5.91 Å². The zero-order valence-electron chi connectivity index (χ0n) is 17.8. The van der Waals surface area contributed by atoms with Crippen molar-refractivity contribution in [2.45, 2.75) is 26.2 Å². The Hall–Kier alpha value is -4.00. The van der Waals surface area contributed by atoms with Crippen molar-refractivity contribution in [1.82, 2.24) is 5.43 Å². The van der Waals surface area contributed by atoms with Crippen molar-refractivity contribution >= 4 is 11.6 Å². The molecule has 3 aromatic rings. The molecule has 164 valence electrons. The monoisotopic (exact) mass is 432 g/mol. The fourth-order valence-electron chi connectivity index (χ4n) is 3.50. The zero-order chi connectivity index (χ0) is 22.7. The average molecular weight is 432 g/mol. The number of hydrazone groups is 1. The van der Waals surface area contributed by atoms with Crippen LogP contribution >= 0.6 is 0 Å². The van der Waals surface area contributed by atoms with Crippen LogP contribution in [-0.2, 0) is 6.42 Å². The molecule has 0 saturated heterocycles. The van der Waals surface area contributed by atoms with Crippen LogP contribution in [0.15, 0.2) is 65.8 Å². The third-order valence-electron chi connectivity index (χ3n) is 5.21. The van der Waals surface area contributed by atoms with Crippen LogP contribution in [0.5, 0.6) is 23.0 Å². The first-order valence-electron chi connectivity index (χ1n) is 10.3. The molecular formula is C25H24N2O5. The van der Waals surface area contributed by atoms with Gasteiger partial charge in [0.15, 0.2) is 11.5 Å². The molecule has 7 nitrogen and oxygen atoms in total. The molecule has 32 heavy (non-hydrogen) atoms. The van der Waals surface area contributed by atoms with E-state index in [1.165, 1.54) is 6.07 Å². The topological polar surface area (TPSA) is 100 Å². The van der Waals surface area contributed by atoms with E-state index in [1.807, 2.05) is 38.1 Å². The molecule has 4 rings (SSSR count). The second-order valence-electron chi connectivity index (χ2n) is 7.81. The lowest BCUT2D eigenvalue weighted by atomic mass is 9.94. The zero-order valence-corrected chi connectivity index (χ0v) is 17.8. The van der Waals surface area contributed by atoms with E-state index in [9.17, 15) is 15.0 Å². The second kappa shape index (κ2) is 9.01. The molecule has 1 heterocycles. The van der Waals surface area contributed by atoms with Gasteiger partial charge in [-0.05, 0) is 47.4 Å². The van der Waals surface area contributed by atoms with Gasteiger partial charge in [0, 0.05) is 23.6 Å². The van der Waals surface area contributed by atoms with Gasteiger partial charge >= 0.3 is 0 Å². The van der Waals surface area contributed by atoms with E-state index in [4.69, 9.17) is 9.47 Å².